The van der Waals surface area contributed by atoms with Crippen LogP contribution in [-0.2, 0) is 14.3 Å². The summed E-state index contributed by atoms with van der Waals surface area (Å²) in [4.78, 5) is 26.1. The fourth-order valence-corrected chi connectivity index (χ4v) is 7.59. The predicted octanol–water partition coefficient (Wildman–Crippen LogP) is 14.9. The lowest BCUT2D eigenvalue weighted by Crippen LogP contribution is -2.46. The summed E-state index contributed by atoms with van der Waals surface area (Å²) in [5, 5.41) is 23.7. The van der Waals surface area contributed by atoms with Crippen molar-refractivity contribution >= 4 is 11.9 Å². The van der Waals surface area contributed by atoms with Crippen LogP contribution in [0, 0.1) is 0 Å². The maximum Gasteiger partial charge on any atom is 0.306 e. The number of esters is 1. The fraction of sp³-hybridized carbons (Fsp3) is 0.846. The number of nitrogens with one attached hydrogen (secondary N) is 1. The molecule has 6 heteroatoms. The number of hydrogen-bond donors (Lipinski definition) is 3. The molecule has 0 fully saturated rings. The summed E-state index contributed by atoms with van der Waals surface area (Å²) in [6.45, 7) is 6.42. The second kappa shape index (κ2) is 46.2. The van der Waals surface area contributed by atoms with Crippen molar-refractivity contribution < 1.29 is 24.5 Å². The smallest absolute Gasteiger partial charge is 0.306 e. The van der Waals surface area contributed by atoms with Crippen LogP contribution in [0.5, 0.6) is 0 Å². The molecule has 6 nitrogen and oxygen atoms in total. The van der Waals surface area contributed by atoms with Gasteiger partial charge >= 0.3 is 5.97 Å². The molecule has 58 heavy (non-hydrogen) atoms. The van der Waals surface area contributed by atoms with Crippen molar-refractivity contribution in [1.82, 2.24) is 5.32 Å². The molecule has 0 aromatic rings. The monoisotopic (exact) mass is 816 g/mol. The van der Waals surface area contributed by atoms with Crippen molar-refractivity contribution in [1.29, 1.82) is 0 Å². The van der Waals surface area contributed by atoms with Gasteiger partial charge in [0.25, 0.3) is 0 Å². The first-order chi connectivity index (χ1) is 28.5. The van der Waals surface area contributed by atoms with Crippen LogP contribution in [-0.4, -0.2) is 46.9 Å². The van der Waals surface area contributed by atoms with E-state index in [9.17, 15) is 19.8 Å². The number of aliphatic hydroxyl groups is 2. The number of ether oxygens (including phenoxy) is 1. The Bertz CT molecular complexity index is 961. The Morgan fingerprint density at radius 1 is 0.500 bits per heavy atom. The maximum absolute atomic E-state index is 13.2. The number of rotatable bonds is 45. The molecule has 3 N–H and O–H groups in total. The summed E-state index contributed by atoms with van der Waals surface area (Å²) in [6.07, 6.45) is 53.4. The average molecular weight is 816 g/mol. The Hall–Kier alpha value is -1.92. The van der Waals surface area contributed by atoms with E-state index in [1.54, 1.807) is 0 Å². The van der Waals surface area contributed by atoms with Gasteiger partial charge in [0.15, 0.2) is 0 Å². The lowest BCUT2D eigenvalue weighted by Gasteiger charge is -2.24. The molecule has 0 aromatic carbocycles. The largest absolute Gasteiger partial charge is 0.462 e. The topological polar surface area (TPSA) is 95.9 Å². The molecule has 0 aliphatic heterocycles. The third-order valence-corrected chi connectivity index (χ3v) is 11.5. The first-order valence-corrected chi connectivity index (χ1v) is 25.2. The molecule has 1 amide bonds. The summed E-state index contributed by atoms with van der Waals surface area (Å²) in [5.41, 5.74) is 0. The summed E-state index contributed by atoms with van der Waals surface area (Å²) in [7, 11) is 0. The Morgan fingerprint density at radius 3 is 1.38 bits per heavy atom. The zero-order chi connectivity index (χ0) is 42.4. The van der Waals surface area contributed by atoms with Gasteiger partial charge < -0.3 is 20.3 Å². The summed E-state index contributed by atoms with van der Waals surface area (Å²) in [5.74, 6) is -0.498. The van der Waals surface area contributed by atoms with E-state index in [1.165, 1.54) is 135 Å². The molecule has 0 aliphatic rings. The highest BCUT2D eigenvalue weighted by Crippen LogP contribution is 2.17. The van der Waals surface area contributed by atoms with E-state index in [0.29, 0.717) is 19.3 Å². The van der Waals surface area contributed by atoms with E-state index in [4.69, 9.17) is 4.74 Å². The van der Waals surface area contributed by atoms with Gasteiger partial charge in [-0.1, -0.05) is 205 Å². The number of hydrogen-bond acceptors (Lipinski definition) is 5. The number of carbonyl (C=O) groups excluding carboxylic acids is 2. The van der Waals surface area contributed by atoms with Gasteiger partial charge in [0.1, 0.15) is 6.10 Å². The minimum atomic E-state index is -0.791. The van der Waals surface area contributed by atoms with E-state index in [0.717, 1.165) is 77.0 Å². The lowest BCUT2D eigenvalue weighted by atomic mass is 10.0. The number of amides is 1. The van der Waals surface area contributed by atoms with Crippen molar-refractivity contribution in [3.8, 4) is 0 Å². The zero-order valence-corrected chi connectivity index (χ0v) is 38.7. The first-order valence-electron chi connectivity index (χ1n) is 25.2. The fourth-order valence-electron chi connectivity index (χ4n) is 7.59. The Labute approximate surface area is 360 Å². The number of carbonyl (C=O) groups is 2. The maximum atomic E-state index is 13.2. The highest BCUT2D eigenvalue weighted by atomic mass is 16.5. The van der Waals surface area contributed by atoms with Gasteiger partial charge in [0.2, 0.25) is 5.91 Å². The molecule has 0 spiro atoms. The van der Waals surface area contributed by atoms with Gasteiger partial charge in [0, 0.05) is 6.42 Å². The molecule has 0 saturated carbocycles. The average Bonchev–Trinajstić information content (AvgIpc) is 3.22. The standard InChI is InChI=1S/C52H97NO5/c1-4-7-10-13-16-19-22-24-26-28-30-33-36-39-42-45-52(57)58-48(43-40-37-34-31-21-18-15-12-9-6-3)46-51(56)53-49(47-54)50(55)44-41-38-35-32-29-27-25-23-20-17-14-11-8-5-2/h16,18-19,21-22,24,48-50,54-55H,4-15,17,20,23,25-47H2,1-3H3,(H,53,56)/b19-16+,21-18-,24-22+. The van der Waals surface area contributed by atoms with Crippen LogP contribution in [0.25, 0.3) is 0 Å². The van der Waals surface area contributed by atoms with Crippen LogP contribution in [0.2, 0.25) is 0 Å². The van der Waals surface area contributed by atoms with Crippen molar-refractivity contribution in [2.75, 3.05) is 6.61 Å². The summed E-state index contributed by atoms with van der Waals surface area (Å²) in [6, 6.07) is -0.705. The third-order valence-electron chi connectivity index (χ3n) is 11.5. The Kier molecular flexibility index (Phi) is 44.6. The van der Waals surface area contributed by atoms with Crippen molar-refractivity contribution in [3.05, 3.63) is 36.5 Å². The molecule has 0 saturated heterocycles. The van der Waals surface area contributed by atoms with Crippen LogP contribution in [0.1, 0.15) is 258 Å². The van der Waals surface area contributed by atoms with E-state index in [1.807, 2.05) is 0 Å². The van der Waals surface area contributed by atoms with Gasteiger partial charge in [-0.3, -0.25) is 9.59 Å². The second-order valence-electron chi connectivity index (χ2n) is 17.2. The van der Waals surface area contributed by atoms with Crippen molar-refractivity contribution in [2.45, 2.75) is 277 Å². The highest BCUT2D eigenvalue weighted by molar-refractivity contribution is 5.77. The van der Waals surface area contributed by atoms with Crippen LogP contribution >= 0.6 is 0 Å². The molecule has 0 aliphatic carbocycles. The van der Waals surface area contributed by atoms with Crippen molar-refractivity contribution in [3.63, 3.8) is 0 Å². The SMILES string of the molecule is CCCCC/C=C\CCCCCC(CC(=O)NC(CO)C(O)CCCCCCCCCCCCCCCC)OC(=O)CCCCCCCC/C=C/C=C/CCCCC. The van der Waals surface area contributed by atoms with E-state index < -0.39 is 18.2 Å². The molecule has 3 unspecified atom stereocenters. The van der Waals surface area contributed by atoms with Crippen LogP contribution in [0.3, 0.4) is 0 Å². The summed E-state index contributed by atoms with van der Waals surface area (Å²) >= 11 is 0. The molecular formula is C52H97NO5. The molecule has 0 aromatic heterocycles. The van der Waals surface area contributed by atoms with Crippen LogP contribution < -0.4 is 5.32 Å². The first kappa shape index (κ1) is 56.1. The van der Waals surface area contributed by atoms with Gasteiger partial charge in [-0.25, -0.2) is 0 Å². The molecule has 0 radical (unpaired) electrons. The Balaban J connectivity index is 4.52. The molecule has 0 heterocycles. The quantitative estimate of drug-likeness (QED) is 0.0246. The van der Waals surface area contributed by atoms with E-state index >= 15 is 0 Å². The zero-order valence-electron chi connectivity index (χ0n) is 38.7. The molecule has 340 valence electrons. The third kappa shape index (κ3) is 40.8. The number of aliphatic hydroxyl groups excluding tert-OH is 2. The van der Waals surface area contributed by atoms with E-state index in [-0.39, 0.29) is 24.9 Å². The van der Waals surface area contributed by atoms with Crippen LogP contribution in [0.4, 0.5) is 0 Å². The van der Waals surface area contributed by atoms with Gasteiger partial charge in [-0.05, 0) is 77.0 Å². The molecular weight excluding hydrogens is 719 g/mol. The lowest BCUT2D eigenvalue weighted by molar-refractivity contribution is -0.151. The van der Waals surface area contributed by atoms with Crippen LogP contribution in [0.15, 0.2) is 36.5 Å². The Morgan fingerprint density at radius 2 is 0.879 bits per heavy atom. The normalized spacial score (nSPS) is 13.5. The van der Waals surface area contributed by atoms with Gasteiger partial charge in [-0.2, -0.15) is 0 Å². The number of allylic oxidation sites excluding steroid dienone is 6. The van der Waals surface area contributed by atoms with Gasteiger partial charge in [0.05, 0.1) is 25.2 Å². The second-order valence-corrected chi connectivity index (χ2v) is 17.2. The minimum absolute atomic E-state index is 0.0637. The predicted molar refractivity (Wildman–Crippen MR) is 250 cm³/mol. The minimum Gasteiger partial charge on any atom is -0.462 e. The van der Waals surface area contributed by atoms with Gasteiger partial charge in [-0.15, -0.1) is 0 Å². The molecule has 0 bridgehead atoms. The molecule has 0 rings (SSSR count). The summed E-state index contributed by atoms with van der Waals surface area (Å²) < 4.78 is 5.90. The van der Waals surface area contributed by atoms with E-state index in [2.05, 4.69) is 62.5 Å². The van der Waals surface area contributed by atoms with Crippen molar-refractivity contribution in [2.24, 2.45) is 0 Å². The number of unbranched alkanes of at least 4 members (excludes halogenated alkanes) is 28. The molecule has 3 atom stereocenters. The highest BCUT2D eigenvalue weighted by Gasteiger charge is 2.24.